The molecule has 0 fully saturated rings. The van der Waals surface area contributed by atoms with Gasteiger partial charge >= 0.3 is 0 Å². The van der Waals surface area contributed by atoms with E-state index in [9.17, 15) is 4.79 Å². The third-order valence-corrected chi connectivity index (χ3v) is 2.65. The van der Waals surface area contributed by atoms with Gasteiger partial charge < -0.3 is 5.11 Å². The smallest absolute Gasteiger partial charge is 0.159 e. The Kier molecular flexibility index (Phi) is 2.68. The van der Waals surface area contributed by atoms with E-state index in [0.717, 1.165) is 5.57 Å². The van der Waals surface area contributed by atoms with Crippen LogP contribution in [-0.2, 0) is 4.79 Å². The van der Waals surface area contributed by atoms with Gasteiger partial charge in [0.1, 0.15) is 0 Å². The van der Waals surface area contributed by atoms with Crippen molar-refractivity contribution >= 4 is 5.78 Å². The summed E-state index contributed by atoms with van der Waals surface area (Å²) >= 11 is 0. The first kappa shape index (κ1) is 9.46. The van der Waals surface area contributed by atoms with E-state index in [1.807, 2.05) is 6.92 Å². The molecule has 1 aliphatic rings. The first-order valence-corrected chi connectivity index (χ1v) is 4.44. The topological polar surface area (TPSA) is 37.3 Å². The van der Waals surface area contributed by atoms with Crippen molar-refractivity contribution in [3.63, 3.8) is 0 Å². The lowest BCUT2D eigenvalue weighted by Crippen LogP contribution is -2.19. The molecule has 0 aromatic rings. The van der Waals surface area contributed by atoms with E-state index in [2.05, 4.69) is 13.8 Å². The Labute approximate surface area is 73.3 Å². The van der Waals surface area contributed by atoms with Crippen LogP contribution < -0.4 is 0 Å². The van der Waals surface area contributed by atoms with Crippen LogP contribution >= 0.6 is 0 Å². The maximum atomic E-state index is 11.3. The van der Waals surface area contributed by atoms with E-state index in [0.29, 0.717) is 5.92 Å². The molecule has 0 bridgehead atoms. The van der Waals surface area contributed by atoms with Gasteiger partial charge in [-0.25, -0.2) is 0 Å². The van der Waals surface area contributed by atoms with Gasteiger partial charge in [0.05, 0.1) is 6.61 Å². The van der Waals surface area contributed by atoms with E-state index in [-0.39, 0.29) is 24.2 Å². The normalized spacial score (nSPS) is 29.8. The largest absolute Gasteiger partial charge is 0.396 e. The number of hydrogen-bond donors (Lipinski definition) is 1. The lowest BCUT2D eigenvalue weighted by Gasteiger charge is -2.18. The molecule has 0 aromatic carbocycles. The first-order valence-electron chi connectivity index (χ1n) is 4.44. The van der Waals surface area contributed by atoms with Crippen LogP contribution in [0.3, 0.4) is 0 Å². The predicted octanol–water partition coefficient (Wildman–Crippen LogP) is 1.40. The van der Waals surface area contributed by atoms with Crippen LogP contribution in [0, 0.1) is 17.8 Å². The van der Waals surface area contributed by atoms with Gasteiger partial charge in [-0.3, -0.25) is 4.79 Å². The van der Waals surface area contributed by atoms with Gasteiger partial charge in [0.25, 0.3) is 0 Å². The highest BCUT2D eigenvalue weighted by Crippen LogP contribution is 2.33. The summed E-state index contributed by atoms with van der Waals surface area (Å²) in [5.41, 5.74) is 1.11. The van der Waals surface area contributed by atoms with Gasteiger partial charge in [-0.15, -0.1) is 0 Å². The molecule has 0 saturated heterocycles. The first-order chi connectivity index (χ1) is 5.57. The summed E-state index contributed by atoms with van der Waals surface area (Å²) in [4.78, 5) is 11.3. The summed E-state index contributed by atoms with van der Waals surface area (Å²) in [6, 6.07) is 0. The molecule has 2 atom stereocenters. The lowest BCUT2D eigenvalue weighted by atomic mass is 9.88. The predicted molar refractivity (Wildman–Crippen MR) is 47.7 cm³/mol. The SMILES string of the molecule is CC(C)C1=CC(=O)C(C)C1CO. The van der Waals surface area contributed by atoms with Crippen molar-refractivity contribution < 1.29 is 9.90 Å². The van der Waals surface area contributed by atoms with Crippen LogP contribution in [-0.4, -0.2) is 17.5 Å². The van der Waals surface area contributed by atoms with E-state index in [1.54, 1.807) is 6.08 Å². The zero-order valence-electron chi connectivity index (χ0n) is 7.87. The van der Waals surface area contributed by atoms with Crippen molar-refractivity contribution in [3.8, 4) is 0 Å². The van der Waals surface area contributed by atoms with Crippen molar-refractivity contribution in [1.82, 2.24) is 0 Å². The molecule has 68 valence electrons. The number of aliphatic hydroxyl groups excluding tert-OH is 1. The fourth-order valence-corrected chi connectivity index (χ4v) is 1.75. The summed E-state index contributed by atoms with van der Waals surface area (Å²) in [5, 5.41) is 9.08. The summed E-state index contributed by atoms with van der Waals surface area (Å²) < 4.78 is 0. The Hall–Kier alpha value is -0.630. The van der Waals surface area contributed by atoms with Gasteiger partial charge in [0.15, 0.2) is 5.78 Å². The van der Waals surface area contributed by atoms with Crippen LogP contribution in [0.2, 0.25) is 0 Å². The molecular weight excluding hydrogens is 152 g/mol. The Bertz CT molecular complexity index is 216. The molecule has 2 nitrogen and oxygen atoms in total. The Balaban J connectivity index is 2.85. The van der Waals surface area contributed by atoms with Gasteiger partial charge in [-0.2, -0.15) is 0 Å². The second-order valence-electron chi connectivity index (χ2n) is 3.78. The molecule has 0 spiro atoms. The third kappa shape index (κ3) is 1.44. The number of carbonyl (C=O) groups excluding carboxylic acids is 1. The van der Waals surface area contributed by atoms with Crippen molar-refractivity contribution in [1.29, 1.82) is 0 Å². The van der Waals surface area contributed by atoms with Crippen molar-refractivity contribution in [2.24, 2.45) is 17.8 Å². The fourth-order valence-electron chi connectivity index (χ4n) is 1.75. The van der Waals surface area contributed by atoms with E-state index < -0.39 is 0 Å². The molecule has 2 unspecified atom stereocenters. The maximum absolute atomic E-state index is 11.3. The molecule has 0 radical (unpaired) electrons. The zero-order chi connectivity index (χ0) is 9.30. The van der Waals surface area contributed by atoms with Gasteiger partial charge in [-0.1, -0.05) is 26.3 Å². The average molecular weight is 168 g/mol. The summed E-state index contributed by atoms with van der Waals surface area (Å²) in [6.45, 7) is 6.09. The maximum Gasteiger partial charge on any atom is 0.159 e. The Morgan fingerprint density at radius 3 is 2.50 bits per heavy atom. The molecule has 0 heterocycles. The van der Waals surface area contributed by atoms with Crippen molar-refractivity contribution in [2.75, 3.05) is 6.61 Å². The van der Waals surface area contributed by atoms with Crippen LogP contribution in [0.4, 0.5) is 0 Å². The second kappa shape index (κ2) is 3.40. The second-order valence-corrected chi connectivity index (χ2v) is 3.78. The van der Waals surface area contributed by atoms with Crippen LogP contribution in [0.1, 0.15) is 20.8 Å². The van der Waals surface area contributed by atoms with Crippen molar-refractivity contribution in [3.05, 3.63) is 11.6 Å². The number of allylic oxidation sites excluding steroid dienone is 1. The number of carbonyl (C=O) groups is 1. The zero-order valence-corrected chi connectivity index (χ0v) is 7.87. The molecule has 1 aliphatic carbocycles. The molecule has 1 rings (SSSR count). The lowest BCUT2D eigenvalue weighted by molar-refractivity contribution is -0.118. The third-order valence-electron chi connectivity index (χ3n) is 2.65. The highest BCUT2D eigenvalue weighted by Gasteiger charge is 2.32. The summed E-state index contributed by atoms with van der Waals surface area (Å²) in [7, 11) is 0. The van der Waals surface area contributed by atoms with Crippen molar-refractivity contribution in [2.45, 2.75) is 20.8 Å². The van der Waals surface area contributed by atoms with E-state index in [1.165, 1.54) is 0 Å². The van der Waals surface area contributed by atoms with Gasteiger partial charge in [0.2, 0.25) is 0 Å². The van der Waals surface area contributed by atoms with E-state index >= 15 is 0 Å². The molecule has 0 amide bonds. The minimum atomic E-state index is -0.0209. The van der Waals surface area contributed by atoms with Crippen LogP contribution in [0.5, 0.6) is 0 Å². The highest BCUT2D eigenvalue weighted by atomic mass is 16.3. The number of aliphatic hydroxyl groups is 1. The van der Waals surface area contributed by atoms with Gasteiger partial charge in [-0.05, 0) is 12.0 Å². The minimum Gasteiger partial charge on any atom is -0.396 e. The Morgan fingerprint density at radius 2 is 2.17 bits per heavy atom. The average Bonchev–Trinajstić information content (AvgIpc) is 2.29. The summed E-state index contributed by atoms with van der Waals surface area (Å²) in [5.74, 6) is 0.582. The monoisotopic (exact) mass is 168 g/mol. The minimum absolute atomic E-state index is 0.0209. The molecule has 12 heavy (non-hydrogen) atoms. The number of ketones is 1. The summed E-state index contributed by atoms with van der Waals surface area (Å²) in [6.07, 6.45) is 1.70. The van der Waals surface area contributed by atoms with Crippen LogP contribution in [0.15, 0.2) is 11.6 Å². The molecule has 1 N–H and O–H groups in total. The van der Waals surface area contributed by atoms with Crippen LogP contribution in [0.25, 0.3) is 0 Å². The fraction of sp³-hybridized carbons (Fsp3) is 0.700. The molecular formula is C10H16O2. The standard InChI is InChI=1S/C10H16O2/c1-6(2)8-4-10(12)7(3)9(8)5-11/h4,6-7,9,11H,5H2,1-3H3. The molecule has 0 aromatic heterocycles. The quantitative estimate of drug-likeness (QED) is 0.676. The highest BCUT2D eigenvalue weighted by molar-refractivity contribution is 5.95. The Morgan fingerprint density at radius 1 is 1.58 bits per heavy atom. The molecule has 0 saturated carbocycles. The van der Waals surface area contributed by atoms with Gasteiger partial charge in [0, 0.05) is 11.8 Å². The molecule has 2 heteroatoms. The molecule has 0 aliphatic heterocycles. The van der Waals surface area contributed by atoms with E-state index in [4.69, 9.17) is 5.11 Å². The number of hydrogen-bond acceptors (Lipinski definition) is 2. The number of rotatable bonds is 2.